The molecule has 6 nitrogen and oxygen atoms in total. The van der Waals surface area contributed by atoms with Gasteiger partial charge in [-0.2, -0.15) is 0 Å². The zero-order chi connectivity index (χ0) is 15.3. The van der Waals surface area contributed by atoms with Crippen LogP contribution in [0.4, 0.5) is 0 Å². The minimum atomic E-state index is -1.01. The lowest BCUT2D eigenvalue weighted by Crippen LogP contribution is -2.45. The maximum Gasteiger partial charge on any atom is 0.326 e. The van der Waals surface area contributed by atoms with E-state index in [1.165, 1.54) is 11.8 Å². The summed E-state index contributed by atoms with van der Waals surface area (Å²) in [6, 6.07) is -0.845. The molecule has 0 unspecified atom stereocenters. The minimum absolute atomic E-state index is 0.149. The van der Waals surface area contributed by atoms with Crippen molar-refractivity contribution in [2.75, 3.05) is 5.75 Å². The van der Waals surface area contributed by atoms with E-state index in [9.17, 15) is 9.59 Å². The topological polar surface area (TPSA) is 92.4 Å². The predicted octanol–water partition coefficient (Wildman–Crippen LogP) is 1.75. The Kier molecular flexibility index (Phi) is 6.06. The van der Waals surface area contributed by atoms with E-state index >= 15 is 0 Å². The van der Waals surface area contributed by atoms with Crippen LogP contribution in [0.25, 0.3) is 0 Å². The van der Waals surface area contributed by atoms with E-state index in [1.807, 2.05) is 13.8 Å². The van der Waals surface area contributed by atoms with Crippen LogP contribution < -0.4 is 5.32 Å². The number of aliphatic carboxylic acids is 1. The van der Waals surface area contributed by atoms with E-state index < -0.39 is 12.0 Å². The van der Waals surface area contributed by atoms with Gasteiger partial charge in [-0.05, 0) is 19.8 Å². The first-order chi connectivity index (χ1) is 9.32. The molecule has 0 spiro atoms. The summed E-state index contributed by atoms with van der Waals surface area (Å²) in [5.41, 5.74) is 1.81. The van der Waals surface area contributed by atoms with E-state index in [0.29, 0.717) is 5.75 Å². The molecular formula is C13H20N2O4S. The fourth-order valence-corrected chi connectivity index (χ4v) is 2.67. The molecule has 7 heteroatoms. The first kappa shape index (κ1) is 16.6. The van der Waals surface area contributed by atoms with E-state index in [1.54, 1.807) is 13.8 Å². The van der Waals surface area contributed by atoms with Gasteiger partial charge in [0.05, 0.1) is 11.4 Å². The minimum Gasteiger partial charge on any atom is -0.480 e. The second-order valence-electron chi connectivity index (χ2n) is 4.92. The number of amides is 1. The van der Waals surface area contributed by atoms with Crippen molar-refractivity contribution in [3.8, 4) is 0 Å². The average molecular weight is 300 g/mol. The van der Waals surface area contributed by atoms with Crippen LogP contribution >= 0.6 is 11.8 Å². The summed E-state index contributed by atoms with van der Waals surface area (Å²) < 4.78 is 5.04. The average Bonchev–Trinajstić information content (AvgIpc) is 2.66. The Labute approximate surface area is 122 Å². The van der Waals surface area contributed by atoms with Gasteiger partial charge in [0.2, 0.25) is 5.91 Å². The molecule has 0 aromatic carbocycles. The Bertz CT molecular complexity index is 465. The predicted molar refractivity (Wildman–Crippen MR) is 76.5 cm³/mol. The van der Waals surface area contributed by atoms with Crippen molar-refractivity contribution in [3.63, 3.8) is 0 Å². The van der Waals surface area contributed by atoms with Gasteiger partial charge in [0.25, 0.3) is 0 Å². The van der Waals surface area contributed by atoms with Gasteiger partial charge < -0.3 is 14.9 Å². The molecule has 1 aromatic rings. The molecule has 1 heterocycles. The van der Waals surface area contributed by atoms with Gasteiger partial charge in [-0.1, -0.05) is 19.0 Å². The zero-order valence-electron chi connectivity index (χ0n) is 12.1. The molecule has 0 aliphatic rings. The second kappa shape index (κ2) is 7.33. The molecule has 112 valence electrons. The second-order valence-corrected chi connectivity index (χ2v) is 5.91. The molecule has 2 N–H and O–H groups in total. The number of rotatable bonds is 7. The van der Waals surface area contributed by atoms with Crippen molar-refractivity contribution in [1.82, 2.24) is 10.5 Å². The quantitative estimate of drug-likeness (QED) is 0.797. The Morgan fingerprint density at radius 1 is 1.40 bits per heavy atom. The van der Waals surface area contributed by atoms with Gasteiger partial charge in [-0.15, -0.1) is 11.8 Å². The molecule has 20 heavy (non-hydrogen) atoms. The molecule has 0 fully saturated rings. The first-order valence-corrected chi connectivity index (χ1v) is 7.50. The van der Waals surface area contributed by atoms with Crippen LogP contribution in [0.2, 0.25) is 0 Å². The Morgan fingerprint density at radius 2 is 2.05 bits per heavy atom. The van der Waals surface area contributed by atoms with E-state index in [-0.39, 0.29) is 17.6 Å². The lowest BCUT2D eigenvalue weighted by atomic mass is 10.1. The third kappa shape index (κ3) is 4.56. The number of carbonyl (C=O) groups excluding carboxylic acids is 1. The van der Waals surface area contributed by atoms with Gasteiger partial charge in [0.15, 0.2) is 0 Å². The van der Waals surface area contributed by atoms with E-state index in [2.05, 4.69) is 10.5 Å². The molecule has 1 atom stereocenters. The number of hydrogen-bond acceptors (Lipinski definition) is 5. The Morgan fingerprint density at radius 3 is 2.50 bits per heavy atom. The first-order valence-electron chi connectivity index (χ1n) is 6.34. The summed E-state index contributed by atoms with van der Waals surface area (Å²) in [7, 11) is 0. The lowest BCUT2D eigenvalue weighted by Gasteiger charge is -2.17. The number of carbonyl (C=O) groups is 2. The highest BCUT2D eigenvalue weighted by Gasteiger charge is 2.23. The summed E-state index contributed by atoms with van der Waals surface area (Å²) in [5.74, 6) is 0.145. The van der Waals surface area contributed by atoms with Crippen molar-refractivity contribution in [3.05, 3.63) is 17.0 Å². The number of nitrogens with one attached hydrogen (secondary N) is 1. The molecule has 0 saturated carbocycles. The van der Waals surface area contributed by atoms with Gasteiger partial charge in [-0.25, -0.2) is 4.79 Å². The third-order valence-electron chi connectivity index (χ3n) is 2.91. The molecule has 0 radical (unpaired) electrons. The van der Waals surface area contributed by atoms with Gasteiger partial charge in [0, 0.05) is 11.3 Å². The maximum atomic E-state index is 11.7. The van der Waals surface area contributed by atoms with E-state index in [4.69, 9.17) is 9.63 Å². The van der Waals surface area contributed by atoms with Crippen molar-refractivity contribution in [2.45, 2.75) is 39.5 Å². The normalized spacial score (nSPS) is 12.4. The van der Waals surface area contributed by atoms with Gasteiger partial charge in [-0.3, -0.25) is 4.79 Å². The van der Waals surface area contributed by atoms with Crippen LogP contribution in [0.15, 0.2) is 4.52 Å². The number of nitrogens with zero attached hydrogens (tertiary/aromatic N) is 1. The summed E-state index contributed by atoms with van der Waals surface area (Å²) >= 11 is 1.41. The summed E-state index contributed by atoms with van der Waals surface area (Å²) in [6.45, 7) is 7.20. The summed E-state index contributed by atoms with van der Waals surface area (Å²) in [5, 5.41) is 15.4. The van der Waals surface area contributed by atoms with Crippen LogP contribution in [0.5, 0.6) is 0 Å². The van der Waals surface area contributed by atoms with Crippen LogP contribution in [0.1, 0.15) is 30.9 Å². The highest BCUT2D eigenvalue weighted by atomic mass is 32.2. The van der Waals surface area contributed by atoms with Crippen LogP contribution in [-0.4, -0.2) is 33.9 Å². The lowest BCUT2D eigenvalue weighted by molar-refractivity contribution is -0.142. The van der Waals surface area contributed by atoms with Crippen molar-refractivity contribution in [2.24, 2.45) is 5.92 Å². The molecule has 0 saturated heterocycles. The number of thioether (sulfide) groups is 1. The Hall–Kier alpha value is -1.50. The number of carboxylic acids is 1. The highest BCUT2D eigenvalue weighted by Crippen LogP contribution is 2.19. The maximum absolute atomic E-state index is 11.7. The molecule has 1 amide bonds. The standard InChI is InChI=1S/C13H20N2O4S/c1-7(2)12(13(17)18)14-11(16)6-20-5-10-8(3)15-19-9(10)4/h7,12H,5-6H2,1-4H3,(H,14,16)(H,17,18)/t12-/m0/s1. The molecule has 1 rings (SSSR count). The summed E-state index contributed by atoms with van der Waals surface area (Å²) in [4.78, 5) is 22.7. The summed E-state index contributed by atoms with van der Waals surface area (Å²) in [6.07, 6.45) is 0. The van der Waals surface area contributed by atoms with Gasteiger partial charge in [0.1, 0.15) is 11.8 Å². The monoisotopic (exact) mass is 300 g/mol. The SMILES string of the molecule is Cc1noc(C)c1CSCC(=O)N[C@H](C(=O)O)C(C)C. The fourth-order valence-electron chi connectivity index (χ4n) is 1.68. The number of carboxylic acid groups (broad SMARTS) is 1. The van der Waals surface area contributed by atoms with Crippen molar-refractivity contribution in [1.29, 1.82) is 0 Å². The van der Waals surface area contributed by atoms with Gasteiger partial charge >= 0.3 is 5.97 Å². The molecule has 1 aromatic heterocycles. The third-order valence-corrected chi connectivity index (χ3v) is 3.87. The molecule has 0 bridgehead atoms. The number of hydrogen-bond donors (Lipinski definition) is 2. The van der Waals surface area contributed by atoms with E-state index in [0.717, 1.165) is 17.0 Å². The number of aryl methyl sites for hydroxylation is 2. The fraction of sp³-hybridized carbons (Fsp3) is 0.615. The Balaban J connectivity index is 2.42. The largest absolute Gasteiger partial charge is 0.480 e. The smallest absolute Gasteiger partial charge is 0.326 e. The van der Waals surface area contributed by atoms with Crippen LogP contribution in [-0.2, 0) is 15.3 Å². The van der Waals surface area contributed by atoms with Crippen LogP contribution in [0.3, 0.4) is 0 Å². The zero-order valence-corrected chi connectivity index (χ0v) is 12.9. The van der Waals surface area contributed by atoms with Crippen molar-refractivity contribution < 1.29 is 19.2 Å². The van der Waals surface area contributed by atoms with Crippen LogP contribution in [0, 0.1) is 19.8 Å². The molecule has 0 aliphatic heterocycles. The molecule has 0 aliphatic carbocycles. The highest BCUT2D eigenvalue weighted by molar-refractivity contribution is 7.99. The van der Waals surface area contributed by atoms with Crippen molar-refractivity contribution >= 4 is 23.6 Å². The molecular weight excluding hydrogens is 280 g/mol. The number of aromatic nitrogens is 1.